The first-order chi connectivity index (χ1) is 30.1. The highest BCUT2D eigenvalue weighted by atomic mass is 16.8. The summed E-state index contributed by atoms with van der Waals surface area (Å²) in [5, 5.41) is 15.2. The SMILES string of the molecule is CCCCCCCCO[C@H]1O[C@H](COC[C@H]2COC(C)(C)O2)[C@@H](O)[C@H](O[C@@H]2O[C@@H](C)[C@@H](OCc3ccccc3)[C@@H](OCc3ccccc3)[C@@H]2OCc2ccccc2)[C@H]1NC(C)=O. The first kappa shape index (κ1) is 48.2. The Morgan fingerprint density at radius 1 is 0.710 bits per heavy atom. The highest BCUT2D eigenvalue weighted by molar-refractivity contribution is 5.73. The van der Waals surface area contributed by atoms with Gasteiger partial charge in [-0.2, -0.15) is 0 Å². The fourth-order valence-electron chi connectivity index (χ4n) is 8.12. The number of rotatable bonds is 24. The standard InChI is InChI=1S/C49H69NO12/c1-6-7-8-9-10-20-27-54-47-41(50-35(3)51)44(42(52)40(60-47)33-53-31-39-32-58-49(4,5)62-39)61-48-46(57-30-38-25-18-13-19-26-38)45(56-29-37-23-16-12-17-24-37)43(34(2)59-48)55-28-36-21-14-11-15-22-36/h11-19,21-26,34,39-48,52H,6-10,20,27-33H2,1-5H3,(H,50,51)/t34-,39-,40+,41+,42+,43+,44+,45+,46-,47-,48-/m0/s1. The molecule has 13 heteroatoms. The van der Waals surface area contributed by atoms with E-state index in [0.717, 1.165) is 36.0 Å². The lowest BCUT2D eigenvalue weighted by molar-refractivity contribution is -0.355. The molecule has 13 nitrogen and oxygen atoms in total. The second kappa shape index (κ2) is 24.7. The van der Waals surface area contributed by atoms with Gasteiger partial charge in [0.25, 0.3) is 0 Å². The van der Waals surface area contributed by atoms with Gasteiger partial charge in [0.1, 0.15) is 48.8 Å². The van der Waals surface area contributed by atoms with Crippen molar-refractivity contribution in [3.05, 3.63) is 108 Å². The summed E-state index contributed by atoms with van der Waals surface area (Å²) < 4.78 is 64.6. The lowest BCUT2D eigenvalue weighted by Gasteiger charge is -2.49. The fourth-order valence-corrected chi connectivity index (χ4v) is 8.12. The second-order valence-electron chi connectivity index (χ2n) is 17.0. The van der Waals surface area contributed by atoms with Crippen molar-refractivity contribution in [3.63, 3.8) is 0 Å². The number of aliphatic hydroxyl groups excluding tert-OH is 1. The summed E-state index contributed by atoms with van der Waals surface area (Å²) in [6.07, 6.45) is -1.85. The summed E-state index contributed by atoms with van der Waals surface area (Å²) in [5.74, 6) is -1.05. The highest BCUT2D eigenvalue weighted by Crippen LogP contribution is 2.35. The number of carbonyl (C=O) groups is 1. The van der Waals surface area contributed by atoms with Crippen molar-refractivity contribution in [1.29, 1.82) is 0 Å². The van der Waals surface area contributed by atoms with Crippen LogP contribution >= 0.6 is 0 Å². The van der Waals surface area contributed by atoms with Crippen LogP contribution in [0, 0.1) is 0 Å². The third-order valence-corrected chi connectivity index (χ3v) is 11.4. The van der Waals surface area contributed by atoms with Gasteiger partial charge in [0.05, 0.1) is 45.7 Å². The summed E-state index contributed by atoms with van der Waals surface area (Å²) in [6.45, 7) is 11.1. The van der Waals surface area contributed by atoms with E-state index in [1.807, 2.05) is 112 Å². The van der Waals surface area contributed by atoms with Crippen molar-refractivity contribution >= 4 is 5.91 Å². The molecule has 62 heavy (non-hydrogen) atoms. The number of hydrogen-bond acceptors (Lipinski definition) is 12. The molecule has 2 N–H and O–H groups in total. The summed E-state index contributed by atoms with van der Waals surface area (Å²) in [6, 6.07) is 28.8. The van der Waals surface area contributed by atoms with E-state index in [-0.39, 0.29) is 38.4 Å². The zero-order chi connectivity index (χ0) is 43.7. The molecule has 3 aromatic rings. The van der Waals surface area contributed by atoms with Gasteiger partial charge in [-0.3, -0.25) is 4.79 Å². The van der Waals surface area contributed by atoms with Gasteiger partial charge in [0, 0.05) is 13.5 Å². The van der Waals surface area contributed by atoms with E-state index in [1.54, 1.807) is 0 Å². The first-order valence-electron chi connectivity index (χ1n) is 22.5. The van der Waals surface area contributed by atoms with E-state index in [9.17, 15) is 9.90 Å². The molecule has 3 aliphatic rings. The Labute approximate surface area is 367 Å². The zero-order valence-corrected chi connectivity index (χ0v) is 37.1. The maximum Gasteiger partial charge on any atom is 0.217 e. The van der Waals surface area contributed by atoms with E-state index >= 15 is 0 Å². The van der Waals surface area contributed by atoms with Crippen LogP contribution in [0.5, 0.6) is 0 Å². The van der Waals surface area contributed by atoms with E-state index < -0.39 is 67.1 Å². The van der Waals surface area contributed by atoms with Crippen LogP contribution in [0.2, 0.25) is 0 Å². The van der Waals surface area contributed by atoms with E-state index in [1.165, 1.54) is 26.2 Å². The predicted octanol–water partition coefficient (Wildman–Crippen LogP) is 7.01. The van der Waals surface area contributed by atoms with Crippen molar-refractivity contribution < 1.29 is 57.3 Å². The Morgan fingerprint density at radius 2 is 1.27 bits per heavy atom. The van der Waals surface area contributed by atoms with E-state index in [4.69, 9.17) is 47.4 Å². The molecule has 3 fully saturated rings. The number of amides is 1. The molecule has 0 aromatic heterocycles. The number of unbranched alkanes of at least 4 members (excludes halogenated alkanes) is 5. The molecule has 0 saturated carbocycles. The summed E-state index contributed by atoms with van der Waals surface area (Å²) in [4.78, 5) is 12.9. The van der Waals surface area contributed by atoms with Gasteiger partial charge >= 0.3 is 0 Å². The average molecular weight is 864 g/mol. The Hall–Kier alpha value is -3.31. The van der Waals surface area contributed by atoms with Crippen molar-refractivity contribution in [2.24, 2.45) is 0 Å². The van der Waals surface area contributed by atoms with E-state index in [2.05, 4.69) is 12.2 Å². The van der Waals surface area contributed by atoms with Gasteiger partial charge in [0.2, 0.25) is 5.91 Å². The molecule has 1 amide bonds. The minimum absolute atomic E-state index is 0.000934. The fraction of sp³-hybridized carbons (Fsp3) is 0.612. The molecule has 11 atom stereocenters. The van der Waals surface area contributed by atoms with Gasteiger partial charge in [0.15, 0.2) is 18.4 Å². The lowest BCUT2D eigenvalue weighted by Crippen LogP contribution is -2.68. The van der Waals surface area contributed by atoms with Gasteiger partial charge in [-0.15, -0.1) is 0 Å². The monoisotopic (exact) mass is 863 g/mol. The van der Waals surface area contributed by atoms with Crippen LogP contribution in [-0.4, -0.2) is 111 Å². The van der Waals surface area contributed by atoms with Crippen molar-refractivity contribution in [3.8, 4) is 0 Å². The Morgan fingerprint density at radius 3 is 1.84 bits per heavy atom. The highest BCUT2D eigenvalue weighted by Gasteiger charge is 2.53. The average Bonchev–Trinajstić information content (AvgIpc) is 3.62. The van der Waals surface area contributed by atoms with Crippen LogP contribution in [0.4, 0.5) is 0 Å². The third kappa shape index (κ3) is 14.6. The number of hydrogen-bond donors (Lipinski definition) is 2. The number of nitrogens with one attached hydrogen (secondary N) is 1. The molecule has 3 saturated heterocycles. The smallest absolute Gasteiger partial charge is 0.217 e. The molecule has 3 heterocycles. The first-order valence-corrected chi connectivity index (χ1v) is 22.5. The van der Waals surface area contributed by atoms with Crippen LogP contribution in [0.25, 0.3) is 0 Å². The summed E-state index contributed by atoms with van der Waals surface area (Å²) >= 11 is 0. The summed E-state index contributed by atoms with van der Waals surface area (Å²) in [5.41, 5.74) is 2.92. The van der Waals surface area contributed by atoms with Gasteiger partial charge in [-0.05, 0) is 43.9 Å². The van der Waals surface area contributed by atoms with Crippen LogP contribution in [0.1, 0.15) is 89.8 Å². The minimum Gasteiger partial charge on any atom is -0.388 e. The van der Waals surface area contributed by atoms with Crippen molar-refractivity contribution in [2.45, 2.75) is 166 Å². The number of benzene rings is 3. The Kier molecular flexibility index (Phi) is 19.2. The normalized spacial score (nSPS) is 29.7. The molecule has 0 bridgehead atoms. The lowest BCUT2D eigenvalue weighted by atomic mass is 9.95. The van der Waals surface area contributed by atoms with Crippen LogP contribution in [-0.2, 0) is 72.0 Å². The van der Waals surface area contributed by atoms with Crippen LogP contribution in [0.3, 0.4) is 0 Å². The second-order valence-corrected chi connectivity index (χ2v) is 17.0. The molecule has 0 radical (unpaired) electrons. The molecule has 6 rings (SSSR count). The maximum atomic E-state index is 12.9. The largest absolute Gasteiger partial charge is 0.388 e. The molecule has 3 aromatic carbocycles. The molecular formula is C49H69NO12. The Balaban J connectivity index is 1.28. The molecule has 342 valence electrons. The molecule has 3 aliphatic heterocycles. The molecule has 0 spiro atoms. The molecule has 0 aliphatic carbocycles. The van der Waals surface area contributed by atoms with Crippen LogP contribution < -0.4 is 5.32 Å². The van der Waals surface area contributed by atoms with Crippen molar-refractivity contribution in [1.82, 2.24) is 5.32 Å². The minimum atomic E-state index is -1.29. The quantitative estimate of drug-likeness (QED) is 0.0896. The Bertz CT molecular complexity index is 1700. The maximum absolute atomic E-state index is 12.9. The molecule has 0 unspecified atom stereocenters. The molecular weight excluding hydrogens is 795 g/mol. The van der Waals surface area contributed by atoms with Crippen molar-refractivity contribution in [2.75, 3.05) is 26.4 Å². The van der Waals surface area contributed by atoms with Crippen LogP contribution in [0.15, 0.2) is 91.0 Å². The van der Waals surface area contributed by atoms with Gasteiger partial charge in [-0.1, -0.05) is 130 Å². The van der Waals surface area contributed by atoms with E-state index in [0.29, 0.717) is 19.8 Å². The number of ether oxygens (including phenoxy) is 10. The number of aliphatic hydroxyl groups is 1. The van der Waals surface area contributed by atoms with Gasteiger partial charge in [-0.25, -0.2) is 0 Å². The summed E-state index contributed by atoms with van der Waals surface area (Å²) in [7, 11) is 0. The predicted molar refractivity (Wildman–Crippen MR) is 232 cm³/mol. The zero-order valence-electron chi connectivity index (χ0n) is 37.1. The van der Waals surface area contributed by atoms with Gasteiger partial charge < -0.3 is 57.8 Å². The number of carbonyl (C=O) groups excluding carboxylic acids is 1. The third-order valence-electron chi connectivity index (χ3n) is 11.4. The topological polar surface area (TPSA) is 142 Å².